The van der Waals surface area contributed by atoms with Crippen LogP contribution < -0.4 is 0 Å². The minimum Gasteiger partial charge on any atom is -0.461 e. The van der Waals surface area contributed by atoms with Crippen LogP contribution in [0.15, 0.2) is 33.2 Å². The highest BCUT2D eigenvalue weighted by atomic mass is 16.5. The van der Waals surface area contributed by atoms with Crippen LogP contribution in [0.1, 0.15) is 33.9 Å². The Bertz CT molecular complexity index is 929. The van der Waals surface area contributed by atoms with Crippen LogP contribution in [-0.2, 0) is 0 Å². The van der Waals surface area contributed by atoms with E-state index < -0.39 is 0 Å². The molecule has 3 aromatic rings. The van der Waals surface area contributed by atoms with Gasteiger partial charge < -0.3 is 13.8 Å². The van der Waals surface area contributed by atoms with E-state index in [1.165, 1.54) is 0 Å². The first kappa shape index (κ1) is 15.8. The second-order valence-corrected chi connectivity index (χ2v) is 6.46. The lowest BCUT2D eigenvalue weighted by atomic mass is 10.1. The van der Waals surface area contributed by atoms with Crippen molar-refractivity contribution in [2.75, 3.05) is 26.7 Å². The number of carbonyl (C=O) groups is 1. The van der Waals surface area contributed by atoms with Gasteiger partial charge >= 0.3 is 0 Å². The molecule has 1 fully saturated rings. The molecule has 1 aromatic carbocycles. The minimum absolute atomic E-state index is 0.0169. The molecule has 0 spiro atoms. The van der Waals surface area contributed by atoms with Gasteiger partial charge in [-0.1, -0.05) is 23.4 Å². The van der Waals surface area contributed by atoms with Crippen molar-refractivity contribution in [2.24, 2.45) is 0 Å². The van der Waals surface area contributed by atoms with Gasteiger partial charge in [0.2, 0.25) is 5.89 Å². The second kappa shape index (κ2) is 6.00. The number of aryl methyl sites for hydroxylation is 2. The van der Waals surface area contributed by atoms with Crippen molar-refractivity contribution in [3.8, 4) is 0 Å². The SMILES string of the molecule is Cc1noc([C@@H]2CN(C(=O)c3c(C)oc4ccccc34)CCN2C)n1. The normalized spacial score (nSPS) is 18.8. The molecule has 0 saturated carbocycles. The van der Waals surface area contributed by atoms with Gasteiger partial charge in [0.15, 0.2) is 5.82 Å². The molecule has 0 bridgehead atoms. The van der Waals surface area contributed by atoms with E-state index in [1.807, 2.05) is 43.1 Å². The van der Waals surface area contributed by atoms with E-state index in [0.29, 0.717) is 36.1 Å². The lowest BCUT2D eigenvalue weighted by Crippen LogP contribution is -2.49. The molecule has 3 heterocycles. The molecule has 1 amide bonds. The van der Waals surface area contributed by atoms with E-state index in [-0.39, 0.29) is 11.9 Å². The van der Waals surface area contributed by atoms with E-state index in [2.05, 4.69) is 15.0 Å². The smallest absolute Gasteiger partial charge is 0.258 e. The fourth-order valence-corrected chi connectivity index (χ4v) is 3.36. The molecule has 1 aliphatic rings. The van der Waals surface area contributed by atoms with Crippen LogP contribution in [0.25, 0.3) is 11.0 Å². The highest BCUT2D eigenvalue weighted by molar-refractivity contribution is 6.07. The molecule has 1 saturated heterocycles. The van der Waals surface area contributed by atoms with Gasteiger partial charge in [-0.25, -0.2) is 0 Å². The Morgan fingerprint density at radius 1 is 1.24 bits per heavy atom. The third-order valence-electron chi connectivity index (χ3n) is 4.75. The molecule has 0 N–H and O–H groups in total. The highest BCUT2D eigenvalue weighted by Crippen LogP contribution is 2.29. The molecule has 7 heteroatoms. The molecule has 25 heavy (non-hydrogen) atoms. The van der Waals surface area contributed by atoms with Gasteiger partial charge in [0.05, 0.1) is 5.56 Å². The van der Waals surface area contributed by atoms with Crippen LogP contribution >= 0.6 is 0 Å². The number of likely N-dealkylation sites (N-methyl/N-ethyl adjacent to an activating group) is 1. The number of aromatic nitrogens is 2. The Morgan fingerprint density at radius 3 is 2.80 bits per heavy atom. The number of hydrogen-bond acceptors (Lipinski definition) is 6. The number of amides is 1. The molecule has 0 aliphatic carbocycles. The summed E-state index contributed by atoms with van der Waals surface area (Å²) in [6.07, 6.45) is 0. The van der Waals surface area contributed by atoms with Crippen molar-refractivity contribution >= 4 is 16.9 Å². The molecule has 7 nitrogen and oxygen atoms in total. The van der Waals surface area contributed by atoms with Crippen molar-refractivity contribution in [3.05, 3.63) is 47.3 Å². The number of para-hydroxylation sites is 1. The van der Waals surface area contributed by atoms with E-state index in [1.54, 1.807) is 6.92 Å². The van der Waals surface area contributed by atoms with Crippen molar-refractivity contribution in [1.82, 2.24) is 19.9 Å². The fraction of sp³-hybridized carbons (Fsp3) is 0.389. The Balaban J connectivity index is 1.64. The van der Waals surface area contributed by atoms with Gasteiger partial charge in [0.25, 0.3) is 5.91 Å². The van der Waals surface area contributed by atoms with Crippen LogP contribution in [0.3, 0.4) is 0 Å². The van der Waals surface area contributed by atoms with E-state index in [4.69, 9.17) is 8.94 Å². The number of piperazine rings is 1. The van der Waals surface area contributed by atoms with E-state index in [9.17, 15) is 4.79 Å². The summed E-state index contributed by atoms with van der Waals surface area (Å²) in [5.41, 5.74) is 1.38. The first-order valence-electron chi connectivity index (χ1n) is 8.32. The number of carbonyl (C=O) groups excluding carboxylic acids is 1. The van der Waals surface area contributed by atoms with E-state index >= 15 is 0 Å². The summed E-state index contributed by atoms with van der Waals surface area (Å²) in [6, 6.07) is 7.53. The van der Waals surface area contributed by atoms with Crippen molar-refractivity contribution in [1.29, 1.82) is 0 Å². The van der Waals surface area contributed by atoms with Crippen LogP contribution in [0.4, 0.5) is 0 Å². The largest absolute Gasteiger partial charge is 0.461 e. The first-order chi connectivity index (χ1) is 12.0. The summed E-state index contributed by atoms with van der Waals surface area (Å²) >= 11 is 0. The summed E-state index contributed by atoms with van der Waals surface area (Å²) in [5, 5.41) is 4.73. The number of nitrogens with zero attached hydrogens (tertiary/aromatic N) is 4. The van der Waals surface area contributed by atoms with Crippen molar-refractivity contribution < 1.29 is 13.7 Å². The van der Waals surface area contributed by atoms with Gasteiger partial charge in [-0.15, -0.1) is 0 Å². The summed E-state index contributed by atoms with van der Waals surface area (Å²) in [4.78, 5) is 21.5. The zero-order chi connectivity index (χ0) is 17.6. The molecule has 2 aromatic heterocycles. The fourth-order valence-electron chi connectivity index (χ4n) is 3.36. The standard InChI is InChI=1S/C18H20N4O3/c1-11-16(13-6-4-5-7-15(13)24-11)18(23)22-9-8-21(3)14(10-22)17-19-12(2)20-25-17/h4-7,14H,8-10H2,1-3H3/t14-/m0/s1. The minimum atomic E-state index is -0.0997. The van der Waals surface area contributed by atoms with Gasteiger partial charge in [-0.05, 0) is 27.0 Å². The Morgan fingerprint density at radius 2 is 2.04 bits per heavy atom. The van der Waals surface area contributed by atoms with Crippen molar-refractivity contribution in [3.63, 3.8) is 0 Å². The maximum Gasteiger partial charge on any atom is 0.258 e. The number of fused-ring (bicyclic) bond motifs is 1. The summed E-state index contributed by atoms with van der Waals surface area (Å²) < 4.78 is 11.1. The quantitative estimate of drug-likeness (QED) is 0.714. The lowest BCUT2D eigenvalue weighted by molar-refractivity contribution is 0.0489. The average Bonchev–Trinajstić information content (AvgIpc) is 3.17. The van der Waals surface area contributed by atoms with Crippen LogP contribution in [-0.4, -0.2) is 52.5 Å². The lowest BCUT2D eigenvalue weighted by Gasteiger charge is -2.37. The zero-order valence-electron chi connectivity index (χ0n) is 14.5. The number of rotatable bonds is 2. The average molecular weight is 340 g/mol. The number of furan rings is 1. The highest BCUT2D eigenvalue weighted by Gasteiger charge is 2.34. The van der Waals surface area contributed by atoms with Crippen LogP contribution in [0.5, 0.6) is 0 Å². The van der Waals surface area contributed by atoms with Crippen molar-refractivity contribution in [2.45, 2.75) is 19.9 Å². The van der Waals surface area contributed by atoms with Gasteiger partial charge in [-0.2, -0.15) is 4.98 Å². The predicted molar refractivity (Wildman–Crippen MR) is 91.3 cm³/mol. The van der Waals surface area contributed by atoms with Crippen LogP contribution in [0, 0.1) is 13.8 Å². The summed E-state index contributed by atoms with van der Waals surface area (Å²) in [6.45, 7) is 5.53. The van der Waals surface area contributed by atoms with Crippen LogP contribution in [0.2, 0.25) is 0 Å². The van der Waals surface area contributed by atoms with E-state index in [0.717, 1.165) is 17.5 Å². The molecule has 4 rings (SSSR count). The van der Waals surface area contributed by atoms with Gasteiger partial charge in [-0.3, -0.25) is 9.69 Å². The maximum atomic E-state index is 13.2. The number of hydrogen-bond donors (Lipinski definition) is 0. The third kappa shape index (κ3) is 2.70. The predicted octanol–water partition coefficient (Wildman–Crippen LogP) is 2.56. The van der Waals surface area contributed by atoms with Gasteiger partial charge in [0, 0.05) is 25.0 Å². The summed E-state index contributed by atoms with van der Waals surface area (Å²) in [7, 11) is 2.00. The molecular formula is C18H20N4O3. The topological polar surface area (TPSA) is 75.6 Å². The molecular weight excluding hydrogens is 320 g/mol. The Hall–Kier alpha value is -2.67. The Kier molecular flexibility index (Phi) is 3.80. The molecule has 1 aliphatic heterocycles. The Labute approximate surface area is 145 Å². The summed E-state index contributed by atoms with van der Waals surface area (Å²) in [5.74, 6) is 1.78. The van der Waals surface area contributed by atoms with Gasteiger partial charge in [0.1, 0.15) is 17.4 Å². The number of benzene rings is 1. The first-order valence-corrected chi connectivity index (χ1v) is 8.32. The molecule has 0 unspecified atom stereocenters. The monoisotopic (exact) mass is 340 g/mol. The molecule has 0 radical (unpaired) electrons. The molecule has 1 atom stereocenters. The molecule has 130 valence electrons. The third-order valence-corrected chi connectivity index (χ3v) is 4.75. The second-order valence-electron chi connectivity index (χ2n) is 6.46. The maximum absolute atomic E-state index is 13.2. The zero-order valence-corrected chi connectivity index (χ0v) is 14.5.